The van der Waals surface area contributed by atoms with Gasteiger partial charge >= 0.3 is 30.9 Å². The Morgan fingerprint density at radius 2 is 0.457 bits per heavy atom. The molecule has 1 nitrogen and oxygen atoms in total. The maximum atomic E-state index is 14.8. The number of fused-ring (bicyclic) bond motifs is 3. The van der Waals surface area contributed by atoms with Crippen molar-refractivity contribution in [1.82, 2.24) is 4.57 Å². The van der Waals surface area contributed by atoms with Gasteiger partial charge in [-0.1, -0.05) is 121 Å². The van der Waals surface area contributed by atoms with E-state index in [-0.39, 0.29) is 83.6 Å². The zero-order valence-corrected chi connectivity index (χ0v) is 41.4. The molecule has 0 radical (unpaired) electrons. The van der Waals surface area contributed by atoms with Gasteiger partial charge in [-0.25, -0.2) is 0 Å². The van der Waals surface area contributed by atoms with Crippen LogP contribution in [0.1, 0.15) is 27.8 Å². The van der Waals surface area contributed by atoms with Crippen LogP contribution in [-0.4, -0.2) is 4.57 Å². The molecule has 406 valence electrons. The summed E-state index contributed by atoms with van der Waals surface area (Å²) in [6.07, 6.45) is -24.4. The van der Waals surface area contributed by atoms with E-state index in [9.17, 15) is 65.9 Å². The molecular weight excluding hydrogens is 1080 g/mol. The minimum Gasteiger partial charge on any atom is -0.309 e. The Balaban J connectivity index is 1.21. The van der Waals surface area contributed by atoms with Gasteiger partial charge in [0.15, 0.2) is 0 Å². The maximum Gasteiger partial charge on any atom is 0.417 e. The van der Waals surface area contributed by atoms with Gasteiger partial charge in [-0.15, -0.1) is 0 Å². The predicted molar refractivity (Wildman–Crippen MR) is 284 cm³/mol. The van der Waals surface area contributed by atoms with Gasteiger partial charge in [-0.3, -0.25) is 0 Å². The summed E-state index contributed by atoms with van der Waals surface area (Å²) in [6.45, 7) is 0. The van der Waals surface area contributed by atoms with Crippen LogP contribution in [0.4, 0.5) is 65.9 Å². The molecule has 0 aliphatic carbocycles. The molecule has 0 atom stereocenters. The number of benzene rings is 10. The molecule has 0 spiro atoms. The Labute approximate surface area is 451 Å². The van der Waals surface area contributed by atoms with Crippen molar-refractivity contribution in [3.05, 3.63) is 246 Å². The third-order valence-corrected chi connectivity index (χ3v) is 14.1. The highest BCUT2D eigenvalue weighted by molar-refractivity contribution is 6.12. The molecule has 10 aromatic carbocycles. The lowest BCUT2D eigenvalue weighted by Crippen LogP contribution is -2.08. The predicted octanol–water partition coefficient (Wildman–Crippen LogP) is 21.5. The van der Waals surface area contributed by atoms with Crippen molar-refractivity contribution < 1.29 is 65.9 Å². The number of nitrogens with zero attached hydrogens (tertiary/aromatic N) is 1. The van der Waals surface area contributed by atoms with Crippen LogP contribution in [0.5, 0.6) is 0 Å². The molecular formula is C65H36F15N. The highest BCUT2D eigenvalue weighted by atomic mass is 19.4. The number of alkyl halides is 15. The summed E-state index contributed by atoms with van der Waals surface area (Å²) in [5.74, 6) is 0. The van der Waals surface area contributed by atoms with E-state index in [1.54, 1.807) is 59.2 Å². The normalized spacial score (nSPS) is 12.6. The Kier molecular flexibility index (Phi) is 13.3. The fourth-order valence-corrected chi connectivity index (χ4v) is 10.6. The van der Waals surface area contributed by atoms with Gasteiger partial charge in [-0.2, -0.15) is 65.9 Å². The van der Waals surface area contributed by atoms with E-state index >= 15 is 0 Å². The Bertz CT molecular complexity index is 3860. The van der Waals surface area contributed by atoms with Gasteiger partial charge in [0.1, 0.15) is 0 Å². The number of hydrogen-bond acceptors (Lipinski definition) is 0. The molecule has 16 heteroatoms. The third-order valence-electron chi connectivity index (χ3n) is 14.1. The zero-order chi connectivity index (χ0) is 57.4. The van der Waals surface area contributed by atoms with Crippen LogP contribution in [0.2, 0.25) is 0 Å². The van der Waals surface area contributed by atoms with Crippen LogP contribution < -0.4 is 0 Å². The minimum absolute atomic E-state index is 0.0932. The maximum absolute atomic E-state index is 14.8. The van der Waals surface area contributed by atoms with E-state index in [0.29, 0.717) is 21.8 Å². The molecule has 0 saturated heterocycles. The highest BCUT2D eigenvalue weighted by Crippen LogP contribution is 2.48. The van der Waals surface area contributed by atoms with Crippen molar-refractivity contribution in [2.24, 2.45) is 0 Å². The zero-order valence-electron chi connectivity index (χ0n) is 41.4. The molecule has 1 heterocycles. The van der Waals surface area contributed by atoms with E-state index in [2.05, 4.69) is 0 Å². The van der Waals surface area contributed by atoms with Gasteiger partial charge in [0.25, 0.3) is 0 Å². The molecule has 0 N–H and O–H groups in total. The molecule has 0 aliphatic rings. The van der Waals surface area contributed by atoms with Crippen molar-refractivity contribution in [1.29, 1.82) is 0 Å². The van der Waals surface area contributed by atoms with Crippen molar-refractivity contribution in [3.63, 3.8) is 0 Å². The summed E-state index contributed by atoms with van der Waals surface area (Å²) < 4.78 is 222. The first-order valence-corrected chi connectivity index (χ1v) is 24.7. The standard InChI is InChI=1S/C65H36F15N/c66-61(67,68)53-19-7-1-13-45(53)41-29-39(30-42(33-41)46-14-2-8-20-54(46)62(69,70)71)37-25-27-59-51(35-37)52-36-38(26-28-60(52)81(59)58-24-12-6-18-50(58)49-17-5-11-23-57(49)65(78,79)80)40-31-43(47-15-3-9-21-55(47)63(72,73)74)34-44(32-40)48-16-4-10-22-56(48)64(75,76)77/h1-36H. The number of hydrogen-bond donors (Lipinski definition) is 0. The molecule has 0 bridgehead atoms. The van der Waals surface area contributed by atoms with Crippen LogP contribution in [0.3, 0.4) is 0 Å². The molecule has 0 fully saturated rings. The summed E-state index contributed by atoms with van der Waals surface area (Å²) in [7, 11) is 0. The summed E-state index contributed by atoms with van der Waals surface area (Å²) in [6, 6.07) is 47.0. The first-order valence-electron chi connectivity index (χ1n) is 24.7. The summed E-state index contributed by atoms with van der Waals surface area (Å²) in [5, 5.41) is 0.672. The minimum atomic E-state index is -4.89. The Morgan fingerprint density at radius 1 is 0.210 bits per heavy atom. The van der Waals surface area contributed by atoms with Gasteiger partial charge < -0.3 is 4.57 Å². The number of rotatable bonds is 8. The SMILES string of the molecule is FC(F)(F)c1ccccc1-c1cc(-c2ccc3c(c2)c2cc(-c4cc(-c5ccccc5C(F)(F)F)cc(-c5ccccc5C(F)(F)F)c4)ccc2n3-c2ccccc2-c2ccccc2C(F)(F)F)cc(-c2ccccc2C(F)(F)F)c1. The molecule has 11 rings (SSSR count). The number of aromatic nitrogens is 1. The van der Waals surface area contributed by atoms with E-state index < -0.39 is 58.7 Å². The summed E-state index contributed by atoms with van der Waals surface area (Å²) in [4.78, 5) is 0. The summed E-state index contributed by atoms with van der Waals surface area (Å²) in [5.41, 5.74) is -5.25. The molecule has 0 saturated carbocycles. The van der Waals surface area contributed by atoms with Crippen LogP contribution in [0.15, 0.2) is 218 Å². The van der Waals surface area contributed by atoms with Crippen molar-refractivity contribution in [2.45, 2.75) is 30.9 Å². The van der Waals surface area contributed by atoms with Crippen molar-refractivity contribution >= 4 is 21.8 Å². The highest BCUT2D eigenvalue weighted by Gasteiger charge is 2.38. The van der Waals surface area contributed by atoms with Crippen LogP contribution in [0.25, 0.3) is 105 Å². The molecule has 0 unspecified atom stereocenters. The quantitative estimate of drug-likeness (QED) is 0.134. The number of halogens is 15. The van der Waals surface area contributed by atoms with Gasteiger partial charge in [0, 0.05) is 16.3 Å². The van der Waals surface area contributed by atoms with Gasteiger partial charge in [0.2, 0.25) is 0 Å². The summed E-state index contributed by atoms with van der Waals surface area (Å²) >= 11 is 0. The van der Waals surface area contributed by atoms with Crippen LogP contribution in [-0.2, 0) is 30.9 Å². The van der Waals surface area contributed by atoms with Gasteiger partial charge in [0.05, 0.1) is 44.5 Å². The molecule has 1 aromatic heterocycles. The molecule has 11 aromatic rings. The first kappa shape index (κ1) is 53.9. The van der Waals surface area contributed by atoms with E-state index in [1.807, 2.05) is 0 Å². The Hall–Kier alpha value is -9.05. The Morgan fingerprint density at radius 3 is 0.765 bits per heavy atom. The average molecular weight is 1120 g/mol. The first-order chi connectivity index (χ1) is 38.3. The van der Waals surface area contributed by atoms with Crippen molar-refractivity contribution in [2.75, 3.05) is 0 Å². The lowest BCUT2D eigenvalue weighted by molar-refractivity contribution is -0.137. The van der Waals surface area contributed by atoms with Crippen molar-refractivity contribution in [3.8, 4) is 83.6 Å². The second-order valence-electron chi connectivity index (χ2n) is 19.1. The fraction of sp³-hybridized carbons (Fsp3) is 0.0769. The van der Waals surface area contributed by atoms with E-state index in [1.165, 1.54) is 133 Å². The molecule has 0 aliphatic heterocycles. The van der Waals surface area contributed by atoms with Crippen LogP contribution in [0, 0.1) is 0 Å². The largest absolute Gasteiger partial charge is 0.417 e. The van der Waals surface area contributed by atoms with Gasteiger partial charge in [-0.05, 0) is 169 Å². The van der Waals surface area contributed by atoms with Crippen LogP contribution >= 0.6 is 0 Å². The third kappa shape index (κ3) is 10.3. The fourth-order valence-electron chi connectivity index (χ4n) is 10.6. The topological polar surface area (TPSA) is 4.93 Å². The molecule has 0 amide bonds. The lowest BCUT2D eigenvalue weighted by atomic mass is 9.89. The molecule has 81 heavy (non-hydrogen) atoms. The monoisotopic (exact) mass is 1120 g/mol. The lowest BCUT2D eigenvalue weighted by Gasteiger charge is -2.18. The average Bonchev–Trinajstić information content (AvgIpc) is 3.96. The van der Waals surface area contributed by atoms with E-state index in [0.717, 1.165) is 30.3 Å². The second-order valence-corrected chi connectivity index (χ2v) is 19.1. The second kappa shape index (κ2) is 19.9. The smallest absolute Gasteiger partial charge is 0.309 e. The number of para-hydroxylation sites is 1. The van der Waals surface area contributed by atoms with E-state index in [4.69, 9.17) is 0 Å².